The van der Waals surface area contributed by atoms with Gasteiger partial charge in [0.15, 0.2) is 0 Å². The maximum atomic E-state index is 11.4. The van der Waals surface area contributed by atoms with Gasteiger partial charge >= 0.3 is 5.97 Å². The average molecular weight is 236 g/mol. The summed E-state index contributed by atoms with van der Waals surface area (Å²) in [4.78, 5) is 32.4. The van der Waals surface area contributed by atoms with Gasteiger partial charge in [-0.15, -0.1) is 0 Å². The van der Waals surface area contributed by atoms with E-state index >= 15 is 0 Å². The van der Waals surface area contributed by atoms with Gasteiger partial charge in [-0.1, -0.05) is 0 Å². The smallest absolute Gasteiger partial charge is 0.322 e. The Hall–Kier alpha value is -2.37. The van der Waals surface area contributed by atoms with Gasteiger partial charge in [0.05, 0.1) is 0 Å². The third kappa shape index (κ3) is 4.33. The molecule has 0 saturated carbocycles. The molecule has 1 aromatic rings. The number of carbonyl (C=O) groups is 3. The van der Waals surface area contributed by atoms with E-state index in [1.807, 2.05) is 0 Å². The van der Waals surface area contributed by atoms with E-state index in [4.69, 9.17) is 5.11 Å². The summed E-state index contributed by atoms with van der Waals surface area (Å²) in [6.45, 7) is 0.958. The summed E-state index contributed by atoms with van der Waals surface area (Å²) in [6.07, 6.45) is 0. The number of carbonyl (C=O) groups excluding carboxylic acids is 2. The van der Waals surface area contributed by atoms with Gasteiger partial charge in [0.1, 0.15) is 6.54 Å². The number of carboxylic acids is 1. The molecule has 0 spiro atoms. The second-order valence-electron chi connectivity index (χ2n) is 3.33. The van der Waals surface area contributed by atoms with E-state index in [1.54, 1.807) is 12.1 Å². The molecule has 2 amide bonds. The number of hydrogen-bond donors (Lipinski definition) is 3. The van der Waals surface area contributed by atoms with Crippen molar-refractivity contribution in [3.8, 4) is 0 Å². The van der Waals surface area contributed by atoms with Crippen LogP contribution in [0.3, 0.4) is 0 Å². The van der Waals surface area contributed by atoms with Crippen molar-refractivity contribution < 1.29 is 19.5 Å². The summed E-state index contributed by atoms with van der Waals surface area (Å²) in [5.74, 6) is -1.77. The fraction of sp³-hybridized carbons (Fsp3) is 0.182. The van der Waals surface area contributed by atoms with Crippen molar-refractivity contribution in [3.05, 3.63) is 29.8 Å². The summed E-state index contributed by atoms with van der Waals surface area (Å²) in [5, 5.41) is 13.2. The van der Waals surface area contributed by atoms with Crippen molar-refractivity contribution >= 4 is 23.5 Å². The van der Waals surface area contributed by atoms with Crippen molar-refractivity contribution in [2.45, 2.75) is 6.92 Å². The van der Waals surface area contributed by atoms with Crippen LogP contribution in [0.25, 0.3) is 0 Å². The predicted octanol–water partition coefficient (Wildman–Crippen LogP) is 0.459. The van der Waals surface area contributed by atoms with E-state index in [0.29, 0.717) is 11.3 Å². The lowest BCUT2D eigenvalue weighted by molar-refractivity contribution is -0.135. The number of rotatable bonds is 4. The summed E-state index contributed by atoms with van der Waals surface area (Å²) < 4.78 is 0. The standard InChI is InChI=1S/C11H12N2O4/c1-7(14)13-9-4-2-8(3-5-9)11(17)12-6-10(15)16/h2-5H,6H2,1H3,(H,12,17)(H,13,14)(H,15,16). The van der Waals surface area contributed by atoms with Gasteiger partial charge in [0.2, 0.25) is 5.91 Å². The third-order valence-electron chi connectivity index (χ3n) is 1.87. The van der Waals surface area contributed by atoms with Crippen LogP contribution in [0.1, 0.15) is 17.3 Å². The lowest BCUT2D eigenvalue weighted by atomic mass is 10.2. The topological polar surface area (TPSA) is 95.5 Å². The first-order valence-corrected chi connectivity index (χ1v) is 4.86. The minimum atomic E-state index is -1.10. The zero-order chi connectivity index (χ0) is 12.8. The van der Waals surface area contributed by atoms with Gasteiger partial charge in [0, 0.05) is 18.2 Å². The fourth-order valence-electron chi connectivity index (χ4n) is 1.17. The molecular weight excluding hydrogens is 224 g/mol. The molecular formula is C11H12N2O4. The second-order valence-corrected chi connectivity index (χ2v) is 3.33. The van der Waals surface area contributed by atoms with Crippen LogP contribution in [-0.4, -0.2) is 29.4 Å². The van der Waals surface area contributed by atoms with Crippen LogP contribution in [0.15, 0.2) is 24.3 Å². The minimum Gasteiger partial charge on any atom is -0.480 e. The Morgan fingerprint density at radius 1 is 1.18 bits per heavy atom. The molecule has 3 N–H and O–H groups in total. The molecule has 1 rings (SSSR count). The highest BCUT2D eigenvalue weighted by molar-refractivity contribution is 5.96. The molecule has 0 aliphatic heterocycles. The third-order valence-corrected chi connectivity index (χ3v) is 1.87. The Balaban J connectivity index is 2.63. The molecule has 17 heavy (non-hydrogen) atoms. The molecule has 0 aromatic heterocycles. The first kappa shape index (κ1) is 12.7. The molecule has 6 nitrogen and oxygen atoms in total. The molecule has 0 aliphatic carbocycles. The zero-order valence-corrected chi connectivity index (χ0v) is 9.19. The van der Waals surface area contributed by atoms with Crippen molar-refractivity contribution in [2.75, 3.05) is 11.9 Å². The number of hydrogen-bond acceptors (Lipinski definition) is 3. The molecule has 0 aliphatic rings. The van der Waals surface area contributed by atoms with Gasteiger partial charge in [0.25, 0.3) is 5.91 Å². The van der Waals surface area contributed by atoms with Gasteiger partial charge in [-0.2, -0.15) is 0 Å². The predicted molar refractivity (Wildman–Crippen MR) is 60.7 cm³/mol. The summed E-state index contributed by atoms with van der Waals surface area (Å²) in [7, 11) is 0. The Morgan fingerprint density at radius 2 is 1.76 bits per heavy atom. The summed E-state index contributed by atoms with van der Waals surface area (Å²) in [6, 6.07) is 6.14. The fourth-order valence-corrected chi connectivity index (χ4v) is 1.17. The molecule has 0 unspecified atom stereocenters. The van der Waals surface area contributed by atoms with Crippen LogP contribution in [-0.2, 0) is 9.59 Å². The molecule has 0 bridgehead atoms. The second kappa shape index (κ2) is 5.64. The highest BCUT2D eigenvalue weighted by Gasteiger charge is 2.06. The number of carboxylic acid groups (broad SMARTS) is 1. The number of anilines is 1. The molecule has 0 fully saturated rings. The number of aliphatic carboxylic acids is 1. The van der Waals surface area contributed by atoms with Gasteiger partial charge < -0.3 is 15.7 Å². The Kier molecular flexibility index (Phi) is 4.21. The number of benzene rings is 1. The van der Waals surface area contributed by atoms with E-state index < -0.39 is 18.4 Å². The maximum Gasteiger partial charge on any atom is 0.322 e. The minimum absolute atomic E-state index is 0.201. The first-order valence-electron chi connectivity index (χ1n) is 4.86. The lowest BCUT2D eigenvalue weighted by Gasteiger charge is -2.04. The average Bonchev–Trinajstić information content (AvgIpc) is 2.26. The molecule has 0 saturated heterocycles. The van der Waals surface area contributed by atoms with Crippen molar-refractivity contribution in [1.29, 1.82) is 0 Å². The molecule has 0 atom stereocenters. The molecule has 1 aromatic carbocycles. The quantitative estimate of drug-likeness (QED) is 0.707. The highest BCUT2D eigenvalue weighted by atomic mass is 16.4. The van der Waals surface area contributed by atoms with E-state index in [0.717, 1.165) is 0 Å². The summed E-state index contributed by atoms with van der Waals surface area (Å²) >= 11 is 0. The van der Waals surface area contributed by atoms with Crippen LogP contribution in [0.5, 0.6) is 0 Å². The Labute approximate surface area is 97.6 Å². The van der Waals surface area contributed by atoms with Crippen LogP contribution < -0.4 is 10.6 Å². The zero-order valence-electron chi connectivity index (χ0n) is 9.19. The largest absolute Gasteiger partial charge is 0.480 e. The van der Waals surface area contributed by atoms with E-state index in [1.165, 1.54) is 19.1 Å². The lowest BCUT2D eigenvalue weighted by Crippen LogP contribution is -2.29. The van der Waals surface area contributed by atoms with E-state index in [2.05, 4.69) is 10.6 Å². The van der Waals surface area contributed by atoms with Gasteiger partial charge in [-0.05, 0) is 24.3 Å². The molecule has 0 radical (unpaired) electrons. The van der Waals surface area contributed by atoms with E-state index in [9.17, 15) is 14.4 Å². The Morgan fingerprint density at radius 3 is 2.24 bits per heavy atom. The van der Waals surface area contributed by atoms with Crippen molar-refractivity contribution in [3.63, 3.8) is 0 Å². The number of nitrogens with one attached hydrogen (secondary N) is 2. The van der Waals surface area contributed by atoms with E-state index in [-0.39, 0.29) is 5.91 Å². The monoisotopic (exact) mass is 236 g/mol. The normalized spacial score (nSPS) is 9.47. The summed E-state index contributed by atoms with van der Waals surface area (Å²) in [5.41, 5.74) is 0.910. The van der Waals surface area contributed by atoms with Crippen LogP contribution in [0, 0.1) is 0 Å². The molecule has 90 valence electrons. The molecule has 0 heterocycles. The first-order chi connectivity index (χ1) is 7.99. The van der Waals surface area contributed by atoms with Crippen LogP contribution >= 0.6 is 0 Å². The van der Waals surface area contributed by atoms with Crippen LogP contribution in [0.2, 0.25) is 0 Å². The molecule has 6 heteroatoms. The van der Waals surface area contributed by atoms with Crippen molar-refractivity contribution in [1.82, 2.24) is 5.32 Å². The maximum absolute atomic E-state index is 11.4. The van der Waals surface area contributed by atoms with Gasteiger partial charge in [-0.3, -0.25) is 14.4 Å². The highest BCUT2D eigenvalue weighted by Crippen LogP contribution is 2.09. The number of amides is 2. The SMILES string of the molecule is CC(=O)Nc1ccc(C(=O)NCC(=O)O)cc1. The van der Waals surface area contributed by atoms with Crippen molar-refractivity contribution in [2.24, 2.45) is 0 Å². The Bertz CT molecular complexity index is 439. The van der Waals surface area contributed by atoms with Gasteiger partial charge in [-0.25, -0.2) is 0 Å². The van der Waals surface area contributed by atoms with Crippen LogP contribution in [0.4, 0.5) is 5.69 Å².